The normalized spacial score (nSPS) is 23.6. The summed E-state index contributed by atoms with van der Waals surface area (Å²) in [6, 6.07) is 9.57. The lowest BCUT2D eigenvalue weighted by molar-refractivity contribution is 0.151. The summed E-state index contributed by atoms with van der Waals surface area (Å²) in [6.07, 6.45) is 5.31. The zero-order valence-corrected chi connectivity index (χ0v) is 12.7. The average Bonchev–Trinajstić information content (AvgIpc) is 2.56. The van der Waals surface area contributed by atoms with Crippen molar-refractivity contribution in [2.24, 2.45) is 5.73 Å². The summed E-state index contributed by atoms with van der Waals surface area (Å²) in [5.74, 6) is 0. The molecule has 1 aliphatic rings. The highest BCUT2D eigenvalue weighted by Crippen LogP contribution is 2.28. The van der Waals surface area contributed by atoms with Crippen molar-refractivity contribution in [3.05, 3.63) is 34.3 Å². The third-order valence-electron chi connectivity index (χ3n) is 3.96. The molecule has 1 aromatic carbocycles. The Morgan fingerprint density at radius 2 is 2.22 bits per heavy atom. The first kappa shape index (κ1) is 14.0. The van der Waals surface area contributed by atoms with Crippen LogP contribution in [0.4, 0.5) is 0 Å². The van der Waals surface area contributed by atoms with Gasteiger partial charge in [-0.05, 0) is 44.0 Å². The molecule has 1 aliphatic heterocycles. The van der Waals surface area contributed by atoms with Crippen molar-refractivity contribution in [2.45, 2.75) is 44.7 Å². The Hall–Kier alpha value is -0.380. The Kier molecular flexibility index (Phi) is 5.22. The zero-order chi connectivity index (χ0) is 13.0. The second-order valence-corrected chi connectivity index (χ2v) is 6.16. The minimum atomic E-state index is 0.357. The van der Waals surface area contributed by atoms with Gasteiger partial charge < -0.3 is 5.73 Å². The molecule has 0 radical (unpaired) electrons. The van der Waals surface area contributed by atoms with E-state index in [1.54, 1.807) is 0 Å². The lowest BCUT2D eigenvalue weighted by atomic mass is 10.0. The lowest BCUT2D eigenvalue weighted by Crippen LogP contribution is -2.39. The predicted molar refractivity (Wildman–Crippen MR) is 80.6 cm³/mol. The molecule has 0 aliphatic carbocycles. The standard InChI is InChI=1S/C15H23BrN2/c1-12-6-3-2-4-9-18(12)15(11-17)13-7-5-8-14(16)10-13/h5,7-8,10,12,15H,2-4,6,9,11,17H2,1H3. The number of halogens is 1. The number of likely N-dealkylation sites (tertiary alicyclic amines) is 1. The summed E-state index contributed by atoms with van der Waals surface area (Å²) in [6.45, 7) is 4.21. The van der Waals surface area contributed by atoms with E-state index in [1.807, 2.05) is 0 Å². The SMILES string of the molecule is CC1CCCCCN1C(CN)c1cccc(Br)c1. The molecule has 100 valence electrons. The van der Waals surface area contributed by atoms with Gasteiger partial charge in [0.2, 0.25) is 0 Å². The Bertz CT molecular complexity index is 381. The molecular formula is C15H23BrN2. The van der Waals surface area contributed by atoms with Crippen molar-refractivity contribution < 1.29 is 0 Å². The van der Waals surface area contributed by atoms with Crippen molar-refractivity contribution in [3.63, 3.8) is 0 Å². The van der Waals surface area contributed by atoms with E-state index in [4.69, 9.17) is 5.73 Å². The van der Waals surface area contributed by atoms with Crippen LogP contribution in [0.5, 0.6) is 0 Å². The highest BCUT2D eigenvalue weighted by Gasteiger charge is 2.25. The summed E-state index contributed by atoms with van der Waals surface area (Å²) in [7, 11) is 0. The van der Waals surface area contributed by atoms with Crippen molar-refractivity contribution in [2.75, 3.05) is 13.1 Å². The summed E-state index contributed by atoms with van der Waals surface area (Å²) >= 11 is 3.55. The highest BCUT2D eigenvalue weighted by atomic mass is 79.9. The third kappa shape index (κ3) is 3.34. The molecule has 18 heavy (non-hydrogen) atoms. The number of nitrogens with two attached hydrogens (primary N) is 1. The monoisotopic (exact) mass is 310 g/mol. The van der Waals surface area contributed by atoms with Gasteiger partial charge in [-0.3, -0.25) is 4.90 Å². The Morgan fingerprint density at radius 1 is 1.39 bits per heavy atom. The quantitative estimate of drug-likeness (QED) is 0.922. The van der Waals surface area contributed by atoms with E-state index in [1.165, 1.54) is 37.8 Å². The second-order valence-electron chi connectivity index (χ2n) is 5.24. The smallest absolute Gasteiger partial charge is 0.0473 e. The van der Waals surface area contributed by atoms with Gasteiger partial charge in [0.25, 0.3) is 0 Å². The van der Waals surface area contributed by atoms with Crippen molar-refractivity contribution in [1.82, 2.24) is 4.90 Å². The zero-order valence-electron chi connectivity index (χ0n) is 11.1. The van der Waals surface area contributed by atoms with E-state index >= 15 is 0 Å². The van der Waals surface area contributed by atoms with Gasteiger partial charge >= 0.3 is 0 Å². The van der Waals surface area contributed by atoms with Gasteiger partial charge in [0.05, 0.1) is 0 Å². The van der Waals surface area contributed by atoms with Crippen LogP contribution in [0.15, 0.2) is 28.7 Å². The van der Waals surface area contributed by atoms with Crippen molar-refractivity contribution >= 4 is 15.9 Å². The minimum Gasteiger partial charge on any atom is -0.329 e. The number of hydrogen-bond donors (Lipinski definition) is 1. The van der Waals surface area contributed by atoms with E-state index < -0.39 is 0 Å². The Morgan fingerprint density at radius 3 is 2.94 bits per heavy atom. The molecule has 0 bridgehead atoms. The summed E-state index contributed by atoms with van der Waals surface area (Å²) in [5.41, 5.74) is 7.38. The van der Waals surface area contributed by atoms with Crippen molar-refractivity contribution in [1.29, 1.82) is 0 Å². The second kappa shape index (κ2) is 6.69. The fourth-order valence-electron chi connectivity index (χ4n) is 2.94. The van der Waals surface area contributed by atoms with Crippen molar-refractivity contribution in [3.8, 4) is 0 Å². The lowest BCUT2D eigenvalue weighted by Gasteiger charge is -2.35. The van der Waals surface area contributed by atoms with Crippen LogP contribution in [0.3, 0.4) is 0 Å². The van der Waals surface area contributed by atoms with Crippen LogP contribution >= 0.6 is 15.9 Å². The van der Waals surface area contributed by atoms with Gasteiger partial charge in [0, 0.05) is 23.1 Å². The fraction of sp³-hybridized carbons (Fsp3) is 0.600. The highest BCUT2D eigenvalue weighted by molar-refractivity contribution is 9.10. The number of benzene rings is 1. The van der Waals surface area contributed by atoms with E-state index in [2.05, 4.69) is 52.0 Å². The predicted octanol–water partition coefficient (Wildman–Crippen LogP) is 3.71. The minimum absolute atomic E-state index is 0.357. The number of rotatable bonds is 3. The molecule has 2 nitrogen and oxygen atoms in total. The van der Waals surface area contributed by atoms with Gasteiger partial charge in [-0.25, -0.2) is 0 Å². The molecular weight excluding hydrogens is 288 g/mol. The first-order valence-corrected chi connectivity index (χ1v) is 7.73. The van der Waals surface area contributed by atoms with Crippen LogP contribution in [-0.2, 0) is 0 Å². The number of hydrogen-bond acceptors (Lipinski definition) is 2. The molecule has 2 rings (SSSR count). The molecule has 0 amide bonds. The summed E-state index contributed by atoms with van der Waals surface area (Å²) in [4.78, 5) is 2.59. The van der Waals surface area contributed by atoms with Crippen LogP contribution < -0.4 is 5.73 Å². The molecule has 2 atom stereocenters. The van der Waals surface area contributed by atoms with Crippen LogP contribution in [0.2, 0.25) is 0 Å². The third-order valence-corrected chi connectivity index (χ3v) is 4.45. The van der Waals surface area contributed by atoms with E-state index in [9.17, 15) is 0 Å². The maximum atomic E-state index is 6.04. The maximum absolute atomic E-state index is 6.04. The molecule has 1 fully saturated rings. The van der Waals surface area contributed by atoms with Crippen LogP contribution in [0.25, 0.3) is 0 Å². The molecule has 1 heterocycles. The largest absolute Gasteiger partial charge is 0.329 e. The molecule has 1 saturated heterocycles. The Labute approximate surface area is 119 Å². The van der Waals surface area contributed by atoms with Crippen LogP contribution in [0.1, 0.15) is 44.2 Å². The van der Waals surface area contributed by atoms with Crippen LogP contribution in [0, 0.1) is 0 Å². The van der Waals surface area contributed by atoms with Gasteiger partial charge in [0.15, 0.2) is 0 Å². The summed E-state index contributed by atoms with van der Waals surface area (Å²) in [5, 5.41) is 0. The average molecular weight is 311 g/mol. The fourth-order valence-corrected chi connectivity index (χ4v) is 3.35. The molecule has 0 saturated carbocycles. The van der Waals surface area contributed by atoms with E-state index in [0.717, 1.165) is 4.47 Å². The number of nitrogens with zero attached hydrogens (tertiary/aromatic N) is 1. The van der Waals surface area contributed by atoms with Gasteiger partial charge in [-0.15, -0.1) is 0 Å². The van der Waals surface area contributed by atoms with Gasteiger partial charge in [-0.2, -0.15) is 0 Å². The molecule has 2 unspecified atom stereocenters. The summed E-state index contributed by atoms with van der Waals surface area (Å²) < 4.78 is 1.14. The maximum Gasteiger partial charge on any atom is 0.0473 e. The van der Waals surface area contributed by atoms with Crippen LogP contribution in [-0.4, -0.2) is 24.0 Å². The van der Waals surface area contributed by atoms with E-state index in [-0.39, 0.29) is 0 Å². The molecule has 0 spiro atoms. The van der Waals surface area contributed by atoms with Gasteiger partial charge in [0.1, 0.15) is 0 Å². The molecule has 1 aromatic rings. The topological polar surface area (TPSA) is 29.3 Å². The molecule has 2 N–H and O–H groups in total. The molecule has 3 heteroatoms. The van der Waals surface area contributed by atoms with Gasteiger partial charge in [-0.1, -0.05) is 40.9 Å². The van der Waals surface area contributed by atoms with E-state index in [0.29, 0.717) is 18.6 Å². The Balaban J connectivity index is 2.21. The first-order valence-electron chi connectivity index (χ1n) is 6.93. The first-order chi connectivity index (χ1) is 8.72. The molecule has 0 aromatic heterocycles.